The zero-order valence-corrected chi connectivity index (χ0v) is 20.0. The van der Waals surface area contributed by atoms with Crippen molar-refractivity contribution in [1.29, 1.82) is 0 Å². The largest absolute Gasteiger partial charge is 0.471 e. The Morgan fingerprint density at radius 1 is 1.18 bits per heavy atom. The molecule has 0 aliphatic carbocycles. The number of pyridine rings is 2. The lowest BCUT2D eigenvalue weighted by atomic mass is 10.0. The molecule has 33 heavy (non-hydrogen) atoms. The van der Waals surface area contributed by atoms with E-state index >= 15 is 0 Å². The first-order valence-corrected chi connectivity index (χ1v) is 10.9. The number of nitrogens with one attached hydrogen (secondary N) is 1. The Bertz CT molecular complexity index is 982. The van der Waals surface area contributed by atoms with Crippen LogP contribution in [0, 0.1) is 19.8 Å². The minimum Gasteiger partial charge on any atom is -0.471 e. The number of ether oxygens (including phenoxy) is 1. The van der Waals surface area contributed by atoms with Crippen LogP contribution in [0.3, 0.4) is 0 Å². The van der Waals surface area contributed by atoms with Crippen molar-refractivity contribution in [3.8, 4) is 5.88 Å². The van der Waals surface area contributed by atoms with Gasteiger partial charge in [-0.15, -0.1) is 0 Å². The van der Waals surface area contributed by atoms with Crippen LogP contribution in [0.2, 0.25) is 0 Å². The van der Waals surface area contributed by atoms with E-state index in [1.54, 1.807) is 37.1 Å². The van der Waals surface area contributed by atoms with Gasteiger partial charge in [0.15, 0.2) is 6.61 Å². The van der Waals surface area contributed by atoms with Crippen molar-refractivity contribution in [2.45, 2.75) is 53.5 Å². The smallest absolute Gasteiger partial charge is 0.272 e. The molecule has 180 valence electrons. The quantitative estimate of drug-likeness (QED) is 0.579. The number of carbonyl (C=O) groups is 2. The average molecular weight is 463 g/mol. The van der Waals surface area contributed by atoms with Gasteiger partial charge in [0, 0.05) is 43.4 Å². The highest BCUT2D eigenvalue weighted by Crippen LogP contribution is 2.25. The lowest BCUT2D eigenvalue weighted by Gasteiger charge is -2.26. The molecule has 9 heteroatoms. The van der Waals surface area contributed by atoms with Gasteiger partial charge in [0.05, 0.1) is 17.3 Å². The summed E-state index contributed by atoms with van der Waals surface area (Å²) in [5, 5.41) is 2.85. The van der Waals surface area contributed by atoms with Crippen molar-refractivity contribution in [2.24, 2.45) is 5.92 Å². The van der Waals surface area contributed by atoms with Gasteiger partial charge in [-0.3, -0.25) is 14.6 Å². The predicted octanol–water partition coefficient (Wildman–Crippen LogP) is 3.89. The minimum atomic E-state index is -2.58. The van der Waals surface area contributed by atoms with Crippen molar-refractivity contribution in [1.82, 2.24) is 20.2 Å². The van der Waals surface area contributed by atoms with E-state index in [0.29, 0.717) is 29.8 Å². The molecule has 0 bridgehead atoms. The SMILES string of the molecule is Cc1ccc(C(=O)N(C)C(C)c2cnc(OCC(F)F)c(C)c2)c(CCNC(=O)C(C)C)n1. The van der Waals surface area contributed by atoms with Gasteiger partial charge in [-0.25, -0.2) is 13.8 Å². The van der Waals surface area contributed by atoms with Crippen LogP contribution in [-0.4, -0.2) is 53.3 Å². The molecule has 0 aliphatic heterocycles. The molecule has 2 amide bonds. The van der Waals surface area contributed by atoms with Crippen LogP contribution < -0.4 is 10.1 Å². The molecule has 2 rings (SSSR count). The van der Waals surface area contributed by atoms with Crippen molar-refractivity contribution >= 4 is 11.8 Å². The molecule has 0 radical (unpaired) electrons. The summed E-state index contributed by atoms with van der Waals surface area (Å²) in [4.78, 5) is 35.4. The number of rotatable bonds is 10. The number of nitrogens with zero attached hydrogens (tertiary/aromatic N) is 3. The molecule has 0 aliphatic rings. The van der Waals surface area contributed by atoms with E-state index < -0.39 is 13.0 Å². The number of aryl methyl sites for hydroxylation is 2. The minimum absolute atomic E-state index is 0.0508. The van der Waals surface area contributed by atoms with Gasteiger partial charge < -0.3 is 15.0 Å². The number of hydrogen-bond donors (Lipinski definition) is 1. The molecular weight excluding hydrogens is 430 g/mol. The lowest BCUT2D eigenvalue weighted by Crippen LogP contribution is -2.32. The van der Waals surface area contributed by atoms with E-state index in [0.717, 1.165) is 11.3 Å². The monoisotopic (exact) mass is 462 g/mol. The van der Waals surface area contributed by atoms with E-state index in [1.807, 2.05) is 27.7 Å². The molecule has 2 aromatic heterocycles. The van der Waals surface area contributed by atoms with E-state index in [-0.39, 0.29) is 29.7 Å². The fraction of sp³-hybridized carbons (Fsp3) is 0.500. The van der Waals surface area contributed by atoms with Gasteiger partial charge >= 0.3 is 0 Å². The third kappa shape index (κ3) is 7.20. The highest BCUT2D eigenvalue weighted by Gasteiger charge is 2.23. The highest BCUT2D eigenvalue weighted by atomic mass is 19.3. The van der Waals surface area contributed by atoms with Crippen LogP contribution in [0.15, 0.2) is 24.4 Å². The second-order valence-corrected chi connectivity index (χ2v) is 8.33. The Morgan fingerprint density at radius 3 is 2.48 bits per heavy atom. The molecule has 0 spiro atoms. The molecule has 1 atom stereocenters. The molecular formula is C24H32F2N4O3. The van der Waals surface area contributed by atoms with E-state index in [2.05, 4.69) is 15.3 Å². The fourth-order valence-electron chi connectivity index (χ4n) is 3.20. The van der Waals surface area contributed by atoms with E-state index in [1.165, 1.54) is 6.20 Å². The van der Waals surface area contributed by atoms with Crippen LogP contribution in [0.5, 0.6) is 5.88 Å². The Hall–Kier alpha value is -3.10. The summed E-state index contributed by atoms with van der Waals surface area (Å²) < 4.78 is 29.8. The van der Waals surface area contributed by atoms with Gasteiger partial charge in [0.25, 0.3) is 12.3 Å². The summed E-state index contributed by atoms with van der Waals surface area (Å²) in [5.41, 5.74) is 3.23. The average Bonchev–Trinajstić information content (AvgIpc) is 2.76. The Labute approximate surface area is 193 Å². The number of amides is 2. The molecule has 2 aromatic rings. The summed E-state index contributed by atoms with van der Waals surface area (Å²) in [5.74, 6) is -0.234. The van der Waals surface area contributed by atoms with E-state index in [4.69, 9.17) is 4.74 Å². The number of alkyl halides is 2. The lowest BCUT2D eigenvalue weighted by molar-refractivity contribution is -0.123. The third-order valence-corrected chi connectivity index (χ3v) is 5.31. The molecule has 0 fully saturated rings. The first-order chi connectivity index (χ1) is 15.5. The Morgan fingerprint density at radius 2 is 1.88 bits per heavy atom. The standard InChI is InChI=1S/C24H32F2N4O3/c1-14(2)22(31)27-10-9-20-19(8-7-16(4)29-20)24(32)30(6)17(5)18-11-15(3)23(28-12-18)33-13-21(25)26/h7-8,11-12,14,17,21H,9-10,13H2,1-6H3,(H,27,31). The number of aromatic nitrogens is 2. The first kappa shape index (κ1) is 26.2. The second-order valence-electron chi connectivity index (χ2n) is 8.33. The van der Waals surface area contributed by atoms with Crippen molar-refractivity contribution in [3.63, 3.8) is 0 Å². The molecule has 0 aromatic carbocycles. The van der Waals surface area contributed by atoms with Crippen LogP contribution in [-0.2, 0) is 11.2 Å². The summed E-state index contributed by atoms with van der Waals surface area (Å²) in [6.07, 6.45) is -0.622. The van der Waals surface area contributed by atoms with Crippen LogP contribution >= 0.6 is 0 Å². The maximum absolute atomic E-state index is 13.3. The van der Waals surface area contributed by atoms with Crippen LogP contribution in [0.4, 0.5) is 8.78 Å². The van der Waals surface area contributed by atoms with E-state index in [9.17, 15) is 18.4 Å². The van der Waals surface area contributed by atoms with Crippen molar-refractivity contribution < 1.29 is 23.1 Å². The van der Waals surface area contributed by atoms with Crippen LogP contribution in [0.25, 0.3) is 0 Å². The molecule has 2 heterocycles. The van der Waals surface area contributed by atoms with Gasteiger partial charge in [0.1, 0.15) is 0 Å². The second kappa shape index (κ2) is 11.7. The number of carbonyl (C=O) groups excluding carboxylic acids is 2. The predicted molar refractivity (Wildman–Crippen MR) is 122 cm³/mol. The Balaban J connectivity index is 2.16. The van der Waals surface area contributed by atoms with Crippen LogP contribution in [0.1, 0.15) is 59.7 Å². The van der Waals surface area contributed by atoms with Gasteiger partial charge in [-0.1, -0.05) is 13.8 Å². The molecule has 7 nitrogen and oxygen atoms in total. The summed E-state index contributed by atoms with van der Waals surface area (Å²) in [7, 11) is 1.69. The zero-order chi connectivity index (χ0) is 24.7. The Kier molecular flexibility index (Phi) is 9.25. The zero-order valence-electron chi connectivity index (χ0n) is 20.0. The normalized spacial score (nSPS) is 12.1. The van der Waals surface area contributed by atoms with Crippen molar-refractivity contribution in [3.05, 3.63) is 52.5 Å². The highest BCUT2D eigenvalue weighted by molar-refractivity contribution is 5.95. The number of hydrogen-bond acceptors (Lipinski definition) is 5. The molecule has 0 saturated carbocycles. The third-order valence-electron chi connectivity index (χ3n) is 5.31. The summed E-state index contributed by atoms with van der Waals surface area (Å²) >= 11 is 0. The maximum atomic E-state index is 13.3. The van der Waals surface area contributed by atoms with Crippen molar-refractivity contribution in [2.75, 3.05) is 20.2 Å². The maximum Gasteiger partial charge on any atom is 0.272 e. The molecule has 1 unspecified atom stereocenters. The van der Waals surface area contributed by atoms with Gasteiger partial charge in [0.2, 0.25) is 11.8 Å². The van der Waals surface area contributed by atoms with Gasteiger partial charge in [-0.2, -0.15) is 0 Å². The number of halogens is 2. The molecule has 0 saturated heterocycles. The summed E-state index contributed by atoms with van der Waals surface area (Å²) in [6, 6.07) is 4.97. The topological polar surface area (TPSA) is 84.4 Å². The van der Waals surface area contributed by atoms with Gasteiger partial charge in [-0.05, 0) is 44.5 Å². The molecule has 1 N–H and O–H groups in total. The first-order valence-electron chi connectivity index (χ1n) is 10.9. The fourth-order valence-corrected chi connectivity index (χ4v) is 3.20. The summed E-state index contributed by atoms with van der Waals surface area (Å²) in [6.45, 7) is 8.73.